The molecule has 0 saturated heterocycles. The summed E-state index contributed by atoms with van der Waals surface area (Å²) in [5.74, 6) is -3.36. The zero-order valence-corrected chi connectivity index (χ0v) is 9.02. The molecule has 0 aliphatic heterocycles. The zero-order valence-electron chi connectivity index (χ0n) is 13.0. The Kier molecular flexibility index (Phi) is 2.70. The van der Waals surface area contributed by atoms with Crippen LogP contribution in [0.25, 0.3) is 0 Å². The van der Waals surface area contributed by atoms with E-state index in [1.165, 1.54) is 6.92 Å². The highest BCUT2D eigenvalue weighted by Gasteiger charge is 2.25. The molecule has 6 nitrogen and oxygen atoms in total. The normalized spacial score (nSPS) is 19.2. The second-order valence-corrected chi connectivity index (χ2v) is 3.06. The van der Waals surface area contributed by atoms with Crippen molar-refractivity contribution in [3.63, 3.8) is 0 Å². The van der Waals surface area contributed by atoms with E-state index < -0.39 is 53.3 Å². The van der Waals surface area contributed by atoms with Gasteiger partial charge >= 0.3 is 5.97 Å². The first-order valence-corrected chi connectivity index (χ1v) is 4.73. The molecule has 94 valence electrons. The van der Waals surface area contributed by atoms with Crippen LogP contribution in [-0.4, -0.2) is 33.9 Å². The highest BCUT2D eigenvalue weighted by molar-refractivity contribution is 5.76. The minimum Gasteiger partial charge on any atom is -0.504 e. The first-order chi connectivity index (χ1) is 9.57. The second-order valence-electron chi connectivity index (χ2n) is 3.06. The number of esters is 1. The third-order valence-corrected chi connectivity index (χ3v) is 1.87. The summed E-state index contributed by atoms with van der Waals surface area (Å²) in [6.07, 6.45) is -2.20. The molecular weight excluding hydrogens is 226 g/mol. The lowest BCUT2D eigenvalue weighted by atomic mass is 10.0. The SMILES string of the molecule is [2H]c1c([2H])c([C@H](O)[C@@]([2H])(N)C(=O)OCC)c([2H])c(O)c1O. The fourth-order valence-electron chi connectivity index (χ4n) is 1.02. The van der Waals surface area contributed by atoms with Crippen molar-refractivity contribution in [2.24, 2.45) is 5.73 Å². The van der Waals surface area contributed by atoms with Crippen molar-refractivity contribution in [2.45, 2.75) is 19.0 Å². The van der Waals surface area contributed by atoms with Gasteiger partial charge in [0.2, 0.25) is 0 Å². The van der Waals surface area contributed by atoms with E-state index in [0.29, 0.717) is 0 Å². The van der Waals surface area contributed by atoms with Gasteiger partial charge in [-0.25, -0.2) is 0 Å². The quantitative estimate of drug-likeness (QED) is 0.439. The molecule has 1 aromatic rings. The molecule has 5 N–H and O–H groups in total. The molecule has 0 heterocycles. The fraction of sp³-hybridized carbons (Fsp3) is 0.364. The van der Waals surface area contributed by atoms with Crippen LogP contribution in [0.5, 0.6) is 11.5 Å². The number of phenols is 2. The minimum atomic E-state index is -2.74. The number of aromatic hydroxyl groups is 2. The van der Waals surface area contributed by atoms with Crippen LogP contribution in [0.15, 0.2) is 18.1 Å². The van der Waals surface area contributed by atoms with Gasteiger partial charge in [0.25, 0.3) is 0 Å². The van der Waals surface area contributed by atoms with E-state index in [4.69, 9.17) is 11.2 Å². The van der Waals surface area contributed by atoms with E-state index in [2.05, 4.69) is 4.74 Å². The maximum atomic E-state index is 11.6. The molecule has 17 heavy (non-hydrogen) atoms. The number of hydrogen-bond donors (Lipinski definition) is 4. The van der Waals surface area contributed by atoms with Gasteiger partial charge in [0.05, 0.1) is 12.1 Å². The number of aliphatic hydroxyl groups is 1. The molecule has 0 aliphatic rings. The van der Waals surface area contributed by atoms with E-state index >= 15 is 0 Å². The molecule has 1 aromatic carbocycles. The summed E-state index contributed by atoms with van der Waals surface area (Å²) < 4.78 is 34.7. The summed E-state index contributed by atoms with van der Waals surface area (Å²) in [6.45, 7) is 1.36. The molecule has 1 rings (SSSR count). The van der Waals surface area contributed by atoms with Crippen molar-refractivity contribution in [1.29, 1.82) is 0 Å². The Morgan fingerprint density at radius 2 is 2.24 bits per heavy atom. The van der Waals surface area contributed by atoms with Gasteiger partial charge in [-0.15, -0.1) is 0 Å². The lowest BCUT2D eigenvalue weighted by Gasteiger charge is -2.17. The maximum absolute atomic E-state index is 11.6. The molecule has 0 fully saturated rings. The number of rotatable bonds is 4. The molecule has 0 unspecified atom stereocenters. The number of phenolic OH excluding ortho intramolecular Hbond substituents is 2. The van der Waals surface area contributed by atoms with E-state index in [9.17, 15) is 20.1 Å². The van der Waals surface area contributed by atoms with Crippen molar-refractivity contribution in [1.82, 2.24) is 0 Å². The summed E-state index contributed by atoms with van der Waals surface area (Å²) in [6, 6.07) is -5.32. The van der Waals surface area contributed by atoms with Gasteiger partial charge in [-0.05, 0) is 24.6 Å². The first kappa shape index (κ1) is 8.32. The van der Waals surface area contributed by atoms with Crippen molar-refractivity contribution < 1.29 is 30.3 Å². The number of hydrogen-bond acceptors (Lipinski definition) is 6. The highest BCUT2D eigenvalue weighted by atomic mass is 16.5. The van der Waals surface area contributed by atoms with Crippen molar-refractivity contribution in [3.05, 3.63) is 23.7 Å². The minimum absolute atomic E-state index is 0.102. The van der Waals surface area contributed by atoms with Gasteiger partial charge in [0.15, 0.2) is 11.5 Å². The summed E-state index contributed by atoms with van der Waals surface area (Å²) in [5, 5.41) is 28.8. The van der Waals surface area contributed by atoms with Gasteiger partial charge in [0, 0.05) is 0 Å². The largest absolute Gasteiger partial charge is 0.504 e. The Morgan fingerprint density at radius 3 is 2.82 bits per heavy atom. The van der Waals surface area contributed by atoms with Gasteiger partial charge in [-0.1, -0.05) is 6.04 Å². The number of carbonyl (C=O) groups excluding carboxylic acids is 1. The number of nitrogens with two attached hydrogens (primary N) is 1. The molecule has 0 aromatic heterocycles. The van der Waals surface area contributed by atoms with Gasteiger partial charge in [-0.3, -0.25) is 4.79 Å². The van der Waals surface area contributed by atoms with Crippen molar-refractivity contribution >= 4 is 5.97 Å². The van der Waals surface area contributed by atoms with Crippen LogP contribution >= 0.6 is 0 Å². The molecule has 6 heteroatoms. The van der Waals surface area contributed by atoms with Crippen LogP contribution in [-0.2, 0) is 9.53 Å². The molecule has 0 bridgehead atoms. The number of carbonyl (C=O) groups is 1. The molecular formula is C11H15NO5. The third-order valence-electron chi connectivity index (χ3n) is 1.87. The van der Waals surface area contributed by atoms with Crippen LogP contribution in [0.3, 0.4) is 0 Å². The van der Waals surface area contributed by atoms with Gasteiger partial charge in [0.1, 0.15) is 12.1 Å². The second kappa shape index (κ2) is 5.51. The predicted molar refractivity (Wildman–Crippen MR) is 59.3 cm³/mol. The van der Waals surface area contributed by atoms with E-state index in [0.717, 1.165) is 0 Å². The molecule has 0 spiro atoms. The maximum Gasteiger partial charge on any atom is 0.325 e. The van der Waals surface area contributed by atoms with Crippen LogP contribution in [0.4, 0.5) is 0 Å². The lowest BCUT2D eigenvalue weighted by Crippen LogP contribution is -2.38. The Labute approximate surface area is 104 Å². The number of benzene rings is 1. The summed E-state index contributed by atoms with van der Waals surface area (Å²) in [7, 11) is 0. The Bertz CT molecular complexity index is 549. The summed E-state index contributed by atoms with van der Waals surface area (Å²) >= 11 is 0. The van der Waals surface area contributed by atoms with E-state index in [1.54, 1.807) is 0 Å². The third kappa shape index (κ3) is 3.08. The standard InChI is InChI=1S/C11H15NO5/c1-2-17-11(16)9(12)10(15)6-3-4-7(13)8(14)5-6/h3-5,9-10,13-15H,2,12H2,1H3/t9-,10+/m1/s1/i3D,4D,5D,9D. The smallest absolute Gasteiger partial charge is 0.325 e. The van der Waals surface area contributed by atoms with Crippen molar-refractivity contribution in [3.8, 4) is 11.5 Å². The van der Waals surface area contributed by atoms with Crippen LogP contribution in [0.2, 0.25) is 0 Å². The van der Waals surface area contributed by atoms with Crippen LogP contribution in [0, 0.1) is 0 Å². The fourth-order valence-corrected chi connectivity index (χ4v) is 1.02. The summed E-state index contributed by atoms with van der Waals surface area (Å²) in [4.78, 5) is 11.6. The lowest BCUT2D eigenvalue weighted by molar-refractivity contribution is -0.147. The van der Waals surface area contributed by atoms with E-state index in [-0.39, 0.29) is 6.61 Å². The Balaban J connectivity index is 3.44. The summed E-state index contributed by atoms with van der Waals surface area (Å²) in [5.41, 5.74) is 4.65. The molecule has 0 radical (unpaired) electrons. The number of ether oxygens (including phenoxy) is 1. The zero-order chi connectivity index (χ0) is 16.5. The van der Waals surface area contributed by atoms with E-state index in [1.807, 2.05) is 0 Å². The topological polar surface area (TPSA) is 113 Å². The predicted octanol–water partition coefficient (Wildman–Crippen LogP) is 0.0216. The molecule has 2 atom stereocenters. The van der Waals surface area contributed by atoms with Crippen LogP contribution in [0.1, 0.15) is 24.1 Å². The Morgan fingerprint density at radius 1 is 1.59 bits per heavy atom. The van der Waals surface area contributed by atoms with Gasteiger partial charge in [-0.2, -0.15) is 0 Å². The van der Waals surface area contributed by atoms with Crippen LogP contribution < -0.4 is 5.73 Å². The highest BCUT2D eigenvalue weighted by Crippen LogP contribution is 2.28. The first-order valence-electron chi connectivity index (χ1n) is 6.73. The van der Waals surface area contributed by atoms with Crippen molar-refractivity contribution in [2.75, 3.05) is 6.61 Å². The molecule has 0 saturated carbocycles. The van der Waals surface area contributed by atoms with Gasteiger partial charge < -0.3 is 25.8 Å². The molecule has 0 aliphatic carbocycles. The average molecular weight is 245 g/mol. The monoisotopic (exact) mass is 245 g/mol. The Hall–Kier alpha value is -1.79. The number of aliphatic hydroxyl groups excluding tert-OH is 1. The molecule has 0 amide bonds. The average Bonchev–Trinajstić information content (AvgIpc) is 2.43.